The van der Waals surface area contributed by atoms with Gasteiger partial charge in [0.25, 0.3) is 15.6 Å². The van der Waals surface area contributed by atoms with E-state index in [1.807, 2.05) is 4.98 Å². The predicted molar refractivity (Wildman–Crippen MR) is 104 cm³/mol. The molecule has 11 heteroatoms. The molecule has 0 amide bonds. The van der Waals surface area contributed by atoms with Gasteiger partial charge < -0.3 is 4.98 Å². The molecule has 3 N–H and O–H groups in total. The van der Waals surface area contributed by atoms with Gasteiger partial charge in [0.1, 0.15) is 5.82 Å². The second-order valence-electron chi connectivity index (χ2n) is 6.28. The Morgan fingerprint density at radius 2 is 1.86 bits per heavy atom. The molecule has 0 aliphatic rings. The third kappa shape index (κ3) is 3.55. The molecule has 0 radical (unpaired) electrons. The molecule has 0 unspecified atom stereocenters. The molecular weight excluding hydrogens is 401 g/mol. The van der Waals surface area contributed by atoms with E-state index in [4.69, 9.17) is 0 Å². The summed E-state index contributed by atoms with van der Waals surface area (Å²) in [5, 5.41) is 4.19. The van der Waals surface area contributed by atoms with Crippen LogP contribution in [0.5, 0.6) is 0 Å². The van der Waals surface area contributed by atoms with Crippen LogP contribution in [-0.4, -0.2) is 28.2 Å². The second-order valence-corrected chi connectivity index (χ2v) is 7.97. The number of sulfonamides is 1. The maximum atomic E-state index is 13.5. The van der Waals surface area contributed by atoms with Gasteiger partial charge in [0.15, 0.2) is 5.82 Å². The van der Waals surface area contributed by atoms with Crippen LogP contribution in [0.25, 0.3) is 16.6 Å². The summed E-state index contributed by atoms with van der Waals surface area (Å²) in [7, 11) is -4.07. The zero-order valence-electron chi connectivity index (χ0n) is 14.9. The van der Waals surface area contributed by atoms with Crippen molar-refractivity contribution in [1.29, 1.82) is 0 Å². The number of H-pyrrole nitrogens is 2. The van der Waals surface area contributed by atoms with Crippen molar-refractivity contribution in [2.24, 2.45) is 0 Å². The lowest BCUT2D eigenvalue weighted by atomic mass is 10.2. The quantitative estimate of drug-likeness (QED) is 0.467. The van der Waals surface area contributed by atoms with E-state index < -0.39 is 27.1 Å². The molecule has 9 nitrogen and oxygen atoms in total. The van der Waals surface area contributed by atoms with Crippen molar-refractivity contribution in [3.05, 3.63) is 80.9 Å². The van der Waals surface area contributed by atoms with E-state index in [1.165, 1.54) is 41.1 Å². The lowest BCUT2D eigenvalue weighted by Gasteiger charge is -2.07. The Labute approximate surface area is 162 Å². The van der Waals surface area contributed by atoms with Crippen LogP contribution >= 0.6 is 0 Å². The minimum absolute atomic E-state index is 0.0222. The number of nitrogens with one attached hydrogen (secondary N) is 3. The van der Waals surface area contributed by atoms with Gasteiger partial charge in [-0.05, 0) is 43.3 Å². The maximum absolute atomic E-state index is 13.5. The van der Waals surface area contributed by atoms with Crippen LogP contribution in [0.4, 0.5) is 10.2 Å². The highest BCUT2D eigenvalue weighted by atomic mass is 32.2. The average molecular weight is 415 g/mol. The summed E-state index contributed by atoms with van der Waals surface area (Å²) in [4.78, 5) is 27.5. The Morgan fingerprint density at radius 3 is 2.62 bits per heavy atom. The first-order chi connectivity index (χ1) is 13.7. The molecule has 4 aromatic rings. The number of rotatable bonds is 4. The van der Waals surface area contributed by atoms with E-state index in [0.717, 1.165) is 6.07 Å². The second kappa shape index (κ2) is 6.71. The molecule has 29 heavy (non-hydrogen) atoms. The lowest BCUT2D eigenvalue weighted by Crippen LogP contribution is -2.22. The number of halogens is 1. The number of hydrogen-bond acceptors (Lipinski definition) is 5. The van der Waals surface area contributed by atoms with Gasteiger partial charge in [-0.15, -0.1) is 5.10 Å². The minimum atomic E-state index is -4.07. The van der Waals surface area contributed by atoms with Crippen molar-refractivity contribution in [3.63, 3.8) is 0 Å². The SMILES string of the molecule is Cc1cc(NS(=O)(=O)c2ccc3[nH]c(=O)[nH]c(=O)c3c2)nn1-c1cccc(F)c1. The number of nitrogens with zero attached hydrogens (tertiary/aromatic N) is 2. The number of aryl methyl sites for hydroxylation is 1. The normalized spacial score (nSPS) is 11.7. The Balaban J connectivity index is 1.71. The summed E-state index contributed by atoms with van der Waals surface area (Å²) >= 11 is 0. The topological polar surface area (TPSA) is 130 Å². The molecule has 148 valence electrons. The third-order valence-corrected chi connectivity index (χ3v) is 5.55. The summed E-state index contributed by atoms with van der Waals surface area (Å²) in [6.07, 6.45) is 0. The zero-order valence-corrected chi connectivity index (χ0v) is 15.7. The van der Waals surface area contributed by atoms with E-state index in [-0.39, 0.29) is 21.6 Å². The average Bonchev–Trinajstić information content (AvgIpc) is 3.00. The maximum Gasteiger partial charge on any atom is 0.326 e. The Kier molecular flexibility index (Phi) is 4.31. The summed E-state index contributed by atoms with van der Waals surface area (Å²) in [5.74, 6) is -0.416. The minimum Gasteiger partial charge on any atom is -0.307 e. The molecule has 0 saturated heterocycles. The van der Waals surface area contributed by atoms with Crippen LogP contribution in [0.1, 0.15) is 5.69 Å². The highest BCUT2D eigenvalue weighted by Gasteiger charge is 2.18. The van der Waals surface area contributed by atoms with Gasteiger partial charge in [-0.2, -0.15) is 0 Å². The molecule has 0 atom stereocenters. The van der Waals surface area contributed by atoms with Gasteiger partial charge in [-0.3, -0.25) is 14.5 Å². The molecule has 2 aromatic heterocycles. The first-order valence-electron chi connectivity index (χ1n) is 8.35. The lowest BCUT2D eigenvalue weighted by molar-refractivity contribution is 0.601. The van der Waals surface area contributed by atoms with E-state index in [2.05, 4.69) is 14.8 Å². The zero-order chi connectivity index (χ0) is 20.8. The molecule has 0 spiro atoms. The van der Waals surface area contributed by atoms with Gasteiger partial charge in [0, 0.05) is 11.8 Å². The highest BCUT2D eigenvalue weighted by Crippen LogP contribution is 2.20. The van der Waals surface area contributed by atoms with Crippen molar-refractivity contribution >= 4 is 26.7 Å². The van der Waals surface area contributed by atoms with Gasteiger partial charge >= 0.3 is 5.69 Å². The summed E-state index contributed by atoms with van der Waals surface area (Å²) in [6.45, 7) is 1.70. The smallest absolute Gasteiger partial charge is 0.307 e. The summed E-state index contributed by atoms with van der Waals surface area (Å²) in [5.41, 5.74) is -0.152. The third-order valence-electron chi connectivity index (χ3n) is 4.20. The highest BCUT2D eigenvalue weighted by molar-refractivity contribution is 7.92. The van der Waals surface area contributed by atoms with Crippen LogP contribution in [0, 0.1) is 12.7 Å². The predicted octanol–water partition coefficient (Wildman–Crippen LogP) is 1.65. The van der Waals surface area contributed by atoms with E-state index in [0.29, 0.717) is 11.4 Å². The molecule has 0 bridgehead atoms. The molecule has 2 heterocycles. The summed E-state index contributed by atoms with van der Waals surface area (Å²) in [6, 6.07) is 11.0. The molecule has 0 saturated carbocycles. The number of aromatic amines is 2. The fourth-order valence-electron chi connectivity index (χ4n) is 2.90. The number of fused-ring (bicyclic) bond motifs is 1. The molecular formula is C18H14FN5O4S. The Morgan fingerprint density at radius 1 is 1.07 bits per heavy atom. The van der Waals surface area contributed by atoms with Crippen LogP contribution < -0.4 is 16.0 Å². The monoisotopic (exact) mass is 415 g/mol. The first-order valence-corrected chi connectivity index (χ1v) is 9.83. The molecule has 0 fully saturated rings. The van der Waals surface area contributed by atoms with E-state index >= 15 is 0 Å². The van der Waals surface area contributed by atoms with Crippen molar-refractivity contribution in [3.8, 4) is 5.69 Å². The van der Waals surface area contributed by atoms with Crippen molar-refractivity contribution in [1.82, 2.24) is 19.7 Å². The largest absolute Gasteiger partial charge is 0.326 e. The first kappa shape index (κ1) is 18.6. The van der Waals surface area contributed by atoms with E-state index in [9.17, 15) is 22.4 Å². The van der Waals surface area contributed by atoms with Crippen LogP contribution in [0.15, 0.2) is 63.0 Å². The molecule has 0 aliphatic heterocycles. The molecule has 0 aliphatic carbocycles. The molecule has 2 aromatic carbocycles. The van der Waals surface area contributed by atoms with Crippen LogP contribution in [0.2, 0.25) is 0 Å². The fraction of sp³-hybridized carbons (Fsp3) is 0.0556. The summed E-state index contributed by atoms with van der Waals surface area (Å²) < 4.78 is 42.7. The number of benzene rings is 2. The number of hydrogen-bond donors (Lipinski definition) is 3. The van der Waals surface area contributed by atoms with Crippen LogP contribution in [-0.2, 0) is 10.0 Å². The Bertz CT molecular complexity index is 1470. The van der Waals surface area contributed by atoms with Gasteiger partial charge in [0.2, 0.25) is 0 Å². The Hall–Kier alpha value is -3.73. The van der Waals surface area contributed by atoms with Crippen molar-refractivity contribution in [2.75, 3.05) is 4.72 Å². The number of aromatic nitrogens is 4. The van der Waals surface area contributed by atoms with Crippen molar-refractivity contribution in [2.45, 2.75) is 11.8 Å². The van der Waals surface area contributed by atoms with Crippen LogP contribution in [0.3, 0.4) is 0 Å². The van der Waals surface area contributed by atoms with Gasteiger partial charge in [-0.1, -0.05) is 6.07 Å². The van der Waals surface area contributed by atoms with Crippen molar-refractivity contribution < 1.29 is 12.8 Å². The number of anilines is 1. The molecule has 4 rings (SSSR count). The van der Waals surface area contributed by atoms with E-state index in [1.54, 1.807) is 13.0 Å². The standard InChI is InChI=1S/C18H14FN5O4S/c1-10-7-16(22-24(10)12-4-2-3-11(19)8-12)23-29(27,28)13-5-6-15-14(9-13)17(25)21-18(26)20-15/h2-9H,1H3,(H,22,23)(H2,20,21,25,26). The van der Waals surface area contributed by atoms with Gasteiger partial charge in [-0.25, -0.2) is 22.3 Å². The van der Waals surface area contributed by atoms with Gasteiger partial charge in [0.05, 0.1) is 21.5 Å². The fourth-order valence-corrected chi connectivity index (χ4v) is 3.91.